The summed E-state index contributed by atoms with van der Waals surface area (Å²) in [5.74, 6) is -0.625. The number of aryl methyl sites for hydroxylation is 1. The number of sulfonamides is 1. The molecule has 0 aliphatic carbocycles. The molecule has 0 aromatic carbocycles. The van der Waals surface area contributed by atoms with Crippen LogP contribution in [0.25, 0.3) is 0 Å². The highest BCUT2D eigenvalue weighted by Crippen LogP contribution is 2.21. The number of amides is 1. The maximum Gasteiger partial charge on any atom is 0.265 e. The minimum Gasteiger partial charge on any atom is -0.364 e. The minimum absolute atomic E-state index is 0.144. The van der Waals surface area contributed by atoms with E-state index in [1.54, 1.807) is 7.05 Å². The number of carbonyl (C=O) groups is 1. The third kappa shape index (κ3) is 2.82. The van der Waals surface area contributed by atoms with Gasteiger partial charge in [0.25, 0.3) is 5.91 Å². The molecule has 6 nitrogen and oxygen atoms in total. The molecule has 0 radical (unpaired) electrons. The Hall–Kier alpha value is -1.34. The number of rotatable bonds is 3. The van der Waals surface area contributed by atoms with E-state index in [-0.39, 0.29) is 10.6 Å². The fraction of sp³-hybridized carbons (Fsp3) is 0.583. The van der Waals surface area contributed by atoms with Gasteiger partial charge in [0.05, 0.1) is 0 Å². The Morgan fingerprint density at radius 2 is 1.79 bits per heavy atom. The van der Waals surface area contributed by atoms with Gasteiger partial charge in [0.2, 0.25) is 10.0 Å². The molecule has 0 bridgehead atoms. The number of carbonyl (C=O) groups excluding carboxylic acids is 1. The first-order chi connectivity index (χ1) is 8.93. The largest absolute Gasteiger partial charge is 0.364 e. The van der Waals surface area contributed by atoms with Crippen LogP contribution in [0, 0.1) is 0 Å². The van der Waals surface area contributed by atoms with E-state index < -0.39 is 15.9 Å². The fourth-order valence-electron chi connectivity index (χ4n) is 2.35. The fourth-order valence-corrected chi connectivity index (χ4v) is 3.94. The molecule has 1 aliphatic rings. The normalized spacial score (nSPS) is 18.2. The maximum absolute atomic E-state index is 12.5. The van der Waals surface area contributed by atoms with Gasteiger partial charge in [-0.2, -0.15) is 4.31 Å². The van der Waals surface area contributed by atoms with Crippen molar-refractivity contribution in [1.29, 1.82) is 0 Å². The molecule has 106 valence electrons. The lowest BCUT2D eigenvalue weighted by Crippen LogP contribution is -2.31. The summed E-state index contributed by atoms with van der Waals surface area (Å²) in [5, 5.41) is 0. The van der Waals surface area contributed by atoms with Gasteiger partial charge in [-0.3, -0.25) is 4.79 Å². The average Bonchev–Trinajstić information content (AvgIpc) is 2.58. The van der Waals surface area contributed by atoms with Gasteiger partial charge >= 0.3 is 0 Å². The van der Waals surface area contributed by atoms with Crippen LogP contribution in [0.4, 0.5) is 0 Å². The topological polar surface area (TPSA) is 85.4 Å². The first-order valence-corrected chi connectivity index (χ1v) is 7.83. The maximum atomic E-state index is 12.5. The van der Waals surface area contributed by atoms with E-state index in [2.05, 4.69) is 0 Å². The molecule has 0 atom stereocenters. The molecule has 0 saturated carbocycles. The highest BCUT2D eigenvalue weighted by molar-refractivity contribution is 7.89. The molecular weight excluding hydrogens is 266 g/mol. The Morgan fingerprint density at radius 1 is 1.21 bits per heavy atom. The van der Waals surface area contributed by atoms with E-state index in [0.29, 0.717) is 13.1 Å². The van der Waals surface area contributed by atoms with Gasteiger partial charge in [0.1, 0.15) is 10.6 Å². The van der Waals surface area contributed by atoms with E-state index in [0.717, 1.165) is 25.7 Å². The molecule has 0 unspecified atom stereocenters. The summed E-state index contributed by atoms with van der Waals surface area (Å²) in [6.45, 7) is 1.09. The Labute approximate surface area is 113 Å². The van der Waals surface area contributed by atoms with Crippen molar-refractivity contribution >= 4 is 15.9 Å². The summed E-state index contributed by atoms with van der Waals surface area (Å²) in [5.41, 5.74) is 5.41. The van der Waals surface area contributed by atoms with Crippen molar-refractivity contribution in [2.75, 3.05) is 13.1 Å². The molecule has 1 aromatic rings. The molecule has 2 heterocycles. The molecule has 1 aromatic heterocycles. The molecule has 19 heavy (non-hydrogen) atoms. The number of nitrogens with two attached hydrogens (primary N) is 1. The van der Waals surface area contributed by atoms with E-state index >= 15 is 0 Å². The van der Waals surface area contributed by atoms with E-state index in [4.69, 9.17) is 5.73 Å². The second kappa shape index (κ2) is 5.34. The van der Waals surface area contributed by atoms with Crippen LogP contribution in [0.2, 0.25) is 0 Å². The van der Waals surface area contributed by atoms with Crippen molar-refractivity contribution in [3.05, 3.63) is 18.0 Å². The zero-order valence-corrected chi connectivity index (χ0v) is 11.8. The molecule has 1 saturated heterocycles. The third-order valence-electron chi connectivity index (χ3n) is 3.44. The third-order valence-corrected chi connectivity index (χ3v) is 5.30. The van der Waals surface area contributed by atoms with Gasteiger partial charge < -0.3 is 10.3 Å². The van der Waals surface area contributed by atoms with Crippen LogP contribution in [-0.4, -0.2) is 36.3 Å². The molecule has 2 rings (SSSR count). The first-order valence-electron chi connectivity index (χ1n) is 6.39. The smallest absolute Gasteiger partial charge is 0.265 e. The lowest BCUT2D eigenvalue weighted by atomic mass is 10.2. The van der Waals surface area contributed by atoms with Crippen molar-refractivity contribution in [2.45, 2.75) is 30.6 Å². The Morgan fingerprint density at radius 3 is 2.26 bits per heavy atom. The summed E-state index contributed by atoms with van der Waals surface area (Å²) in [7, 11) is -1.90. The van der Waals surface area contributed by atoms with Gasteiger partial charge in [-0.1, -0.05) is 12.8 Å². The van der Waals surface area contributed by atoms with Crippen LogP contribution >= 0.6 is 0 Å². The standard InChI is InChI=1S/C12H19N3O3S/c1-14-9-10(8-11(14)12(13)16)19(17,18)15-6-4-2-3-5-7-15/h8-9H,2-7H2,1H3,(H2,13,16). The predicted octanol–water partition coefficient (Wildman–Crippen LogP) is 0.689. The minimum atomic E-state index is -3.52. The number of nitrogens with zero attached hydrogens (tertiary/aromatic N) is 2. The Bertz CT molecular complexity index is 569. The molecular formula is C12H19N3O3S. The van der Waals surface area contributed by atoms with Gasteiger partial charge in [-0.15, -0.1) is 0 Å². The van der Waals surface area contributed by atoms with E-state index in [9.17, 15) is 13.2 Å². The van der Waals surface area contributed by atoms with Crippen LogP contribution in [0.15, 0.2) is 17.2 Å². The van der Waals surface area contributed by atoms with Crippen LogP contribution in [0.3, 0.4) is 0 Å². The number of primary amides is 1. The van der Waals surface area contributed by atoms with Crippen molar-refractivity contribution in [3.8, 4) is 0 Å². The number of hydrogen-bond donors (Lipinski definition) is 1. The summed E-state index contributed by atoms with van der Waals surface area (Å²) in [4.78, 5) is 11.3. The molecule has 0 spiro atoms. The molecule has 7 heteroatoms. The van der Waals surface area contributed by atoms with Crippen LogP contribution in [0.5, 0.6) is 0 Å². The van der Waals surface area contributed by atoms with Gasteiger partial charge in [0, 0.05) is 26.3 Å². The predicted molar refractivity (Wildman–Crippen MR) is 71.2 cm³/mol. The Balaban J connectivity index is 2.33. The van der Waals surface area contributed by atoms with E-state index in [1.165, 1.54) is 21.1 Å². The lowest BCUT2D eigenvalue weighted by Gasteiger charge is -2.18. The highest BCUT2D eigenvalue weighted by Gasteiger charge is 2.27. The molecule has 1 fully saturated rings. The lowest BCUT2D eigenvalue weighted by molar-refractivity contribution is 0.0992. The molecule has 2 N–H and O–H groups in total. The second-order valence-corrected chi connectivity index (χ2v) is 6.79. The second-order valence-electron chi connectivity index (χ2n) is 4.85. The quantitative estimate of drug-likeness (QED) is 0.886. The van der Waals surface area contributed by atoms with Gasteiger partial charge in [-0.05, 0) is 18.9 Å². The average molecular weight is 285 g/mol. The van der Waals surface area contributed by atoms with Crippen molar-refractivity contribution in [2.24, 2.45) is 12.8 Å². The zero-order chi connectivity index (χ0) is 14.0. The summed E-state index contributed by atoms with van der Waals surface area (Å²) >= 11 is 0. The molecule has 1 aliphatic heterocycles. The van der Waals surface area contributed by atoms with Crippen LogP contribution in [-0.2, 0) is 17.1 Å². The summed E-state index contributed by atoms with van der Waals surface area (Å²) in [6.07, 6.45) is 5.34. The van der Waals surface area contributed by atoms with E-state index in [1.807, 2.05) is 0 Å². The summed E-state index contributed by atoms with van der Waals surface area (Å²) in [6, 6.07) is 1.35. The number of hydrogen-bond acceptors (Lipinski definition) is 3. The SMILES string of the molecule is Cn1cc(S(=O)(=O)N2CCCCCC2)cc1C(N)=O. The highest BCUT2D eigenvalue weighted by atomic mass is 32.2. The molecule has 1 amide bonds. The van der Waals surface area contributed by atoms with Crippen molar-refractivity contribution in [1.82, 2.24) is 8.87 Å². The van der Waals surface area contributed by atoms with Crippen LogP contribution < -0.4 is 5.73 Å². The van der Waals surface area contributed by atoms with Crippen LogP contribution in [0.1, 0.15) is 36.2 Å². The van der Waals surface area contributed by atoms with Gasteiger partial charge in [0.15, 0.2) is 0 Å². The summed E-state index contributed by atoms with van der Waals surface area (Å²) < 4.78 is 27.9. The van der Waals surface area contributed by atoms with Gasteiger partial charge in [-0.25, -0.2) is 8.42 Å². The van der Waals surface area contributed by atoms with Crippen molar-refractivity contribution < 1.29 is 13.2 Å². The van der Waals surface area contributed by atoms with Crippen molar-refractivity contribution in [3.63, 3.8) is 0 Å². The number of aromatic nitrogens is 1. The first kappa shape index (κ1) is 14.1. The Kier molecular flexibility index (Phi) is 3.96. The zero-order valence-electron chi connectivity index (χ0n) is 11.0. The monoisotopic (exact) mass is 285 g/mol.